The van der Waals surface area contributed by atoms with Crippen molar-refractivity contribution in [2.24, 2.45) is 11.8 Å². The summed E-state index contributed by atoms with van der Waals surface area (Å²) in [5.41, 5.74) is 3.09. The van der Waals surface area contributed by atoms with E-state index in [9.17, 15) is 4.79 Å². The maximum Gasteiger partial charge on any atom is 0.314 e. The molecule has 3 heteroatoms. The van der Waals surface area contributed by atoms with Crippen LogP contribution in [-0.4, -0.2) is 11.0 Å². The molecule has 1 aromatic carbocycles. The molecule has 0 unspecified atom stereocenters. The third kappa shape index (κ3) is 3.98. The predicted molar refractivity (Wildman–Crippen MR) is 91.2 cm³/mol. The molecule has 120 valence electrons. The second kappa shape index (κ2) is 6.95. The van der Waals surface area contributed by atoms with Gasteiger partial charge in [-0.2, -0.15) is 0 Å². The van der Waals surface area contributed by atoms with Crippen LogP contribution in [0.3, 0.4) is 0 Å². The third-order valence-electron chi connectivity index (χ3n) is 4.63. The lowest BCUT2D eigenvalue weighted by Gasteiger charge is -2.24. The molecule has 0 N–H and O–H groups in total. The number of rotatable bonds is 3. The molecule has 1 aromatic heterocycles. The van der Waals surface area contributed by atoms with Gasteiger partial charge in [0.2, 0.25) is 0 Å². The second-order valence-electron chi connectivity index (χ2n) is 6.62. The molecule has 3 nitrogen and oxygen atoms in total. The molecular weight excluding hydrogens is 286 g/mol. The van der Waals surface area contributed by atoms with Gasteiger partial charge in [0.25, 0.3) is 0 Å². The normalized spacial score (nSPS) is 21.0. The Hall–Kier alpha value is -2.16. The van der Waals surface area contributed by atoms with Crippen LogP contribution in [0.15, 0.2) is 42.6 Å². The average molecular weight is 309 g/mol. The molecule has 0 aliphatic heterocycles. The number of hydrogen-bond donors (Lipinski definition) is 0. The second-order valence-corrected chi connectivity index (χ2v) is 6.62. The summed E-state index contributed by atoms with van der Waals surface area (Å²) in [4.78, 5) is 16.6. The summed E-state index contributed by atoms with van der Waals surface area (Å²) in [7, 11) is 0. The van der Waals surface area contributed by atoms with Gasteiger partial charge in [-0.15, -0.1) is 0 Å². The highest BCUT2D eigenvalue weighted by molar-refractivity contribution is 5.75. The van der Waals surface area contributed by atoms with Gasteiger partial charge in [-0.1, -0.05) is 13.0 Å². The Morgan fingerprint density at radius 1 is 1.04 bits per heavy atom. The lowest BCUT2D eigenvalue weighted by molar-refractivity contribution is -0.140. The molecule has 1 heterocycles. The van der Waals surface area contributed by atoms with Gasteiger partial charge in [-0.3, -0.25) is 9.78 Å². The molecule has 3 rings (SSSR count). The highest BCUT2D eigenvalue weighted by Crippen LogP contribution is 2.30. The summed E-state index contributed by atoms with van der Waals surface area (Å²) in [6, 6.07) is 11.6. The van der Waals surface area contributed by atoms with E-state index >= 15 is 0 Å². The number of carbonyl (C=O) groups is 1. The van der Waals surface area contributed by atoms with Crippen molar-refractivity contribution < 1.29 is 9.53 Å². The van der Waals surface area contributed by atoms with E-state index in [0.717, 1.165) is 48.4 Å². The fourth-order valence-corrected chi connectivity index (χ4v) is 3.03. The summed E-state index contributed by atoms with van der Waals surface area (Å²) < 4.78 is 5.54. The van der Waals surface area contributed by atoms with Gasteiger partial charge in [0, 0.05) is 11.8 Å². The highest BCUT2D eigenvalue weighted by Gasteiger charge is 2.25. The molecular formula is C20H23NO2. The van der Waals surface area contributed by atoms with Gasteiger partial charge in [-0.25, -0.2) is 0 Å². The topological polar surface area (TPSA) is 39.2 Å². The van der Waals surface area contributed by atoms with E-state index in [2.05, 4.69) is 11.9 Å². The quantitative estimate of drug-likeness (QED) is 0.604. The zero-order valence-electron chi connectivity index (χ0n) is 13.8. The molecule has 23 heavy (non-hydrogen) atoms. The minimum Gasteiger partial charge on any atom is -0.426 e. The van der Waals surface area contributed by atoms with Crippen molar-refractivity contribution in [2.45, 2.75) is 39.5 Å². The smallest absolute Gasteiger partial charge is 0.314 e. The maximum atomic E-state index is 12.2. The van der Waals surface area contributed by atoms with Crippen LogP contribution in [-0.2, 0) is 4.79 Å². The number of carbonyl (C=O) groups excluding carboxylic acids is 1. The van der Waals surface area contributed by atoms with E-state index in [0.29, 0.717) is 5.75 Å². The fraction of sp³-hybridized carbons (Fsp3) is 0.400. The van der Waals surface area contributed by atoms with Crippen molar-refractivity contribution in [2.75, 3.05) is 0 Å². The number of pyridine rings is 1. The first-order valence-electron chi connectivity index (χ1n) is 8.36. The van der Waals surface area contributed by atoms with Gasteiger partial charge < -0.3 is 4.74 Å². The standard InChI is InChI=1S/C20H23NO2/c1-14-3-6-17(7-4-14)20(22)23-18-10-8-16(9-11-18)19-12-5-15(2)13-21-19/h5,8-14,17H,3-4,6-7H2,1-2H3. The molecule has 1 aliphatic rings. The van der Waals surface area contributed by atoms with Crippen molar-refractivity contribution in [1.82, 2.24) is 4.98 Å². The van der Waals surface area contributed by atoms with Gasteiger partial charge in [-0.05, 0) is 74.4 Å². The van der Waals surface area contributed by atoms with Crippen LogP contribution in [0.4, 0.5) is 0 Å². The van der Waals surface area contributed by atoms with Crippen LogP contribution in [0, 0.1) is 18.8 Å². The van der Waals surface area contributed by atoms with E-state index in [1.165, 1.54) is 0 Å². The average Bonchev–Trinajstić information content (AvgIpc) is 2.57. The Balaban J connectivity index is 1.63. The number of ether oxygens (including phenoxy) is 1. The summed E-state index contributed by atoms with van der Waals surface area (Å²) in [5.74, 6) is 1.33. The first-order chi connectivity index (χ1) is 11.1. The van der Waals surface area contributed by atoms with E-state index in [4.69, 9.17) is 4.74 Å². The summed E-state index contributed by atoms with van der Waals surface area (Å²) >= 11 is 0. The Labute approximate surface area is 137 Å². The zero-order chi connectivity index (χ0) is 16.2. The lowest BCUT2D eigenvalue weighted by atomic mass is 9.83. The fourth-order valence-electron chi connectivity index (χ4n) is 3.03. The predicted octanol–water partition coefficient (Wildman–Crippen LogP) is 4.79. The highest BCUT2D eigenvalue weighted by atomic mass is 16.5. The Bertz CT molecular complexity index is 653. The number of aromatic nitrogens is 1. The van der Waals surface area contributed by atoms with Crippen molar-refractivity contribution in [3.63, 3.8) is 0 Å². The molecule has 0 atom stereocenters. The zero-order valence-corrected chi connectivity index (χ0v) is 13.8. The molecule has 1 saturated carbocycles. The number of hydrogen-bond acceptors (Lipinski definition) is 3. The first-order valence-corrected chi connectivity index (χ1v) is 8.36. The van der Waals surface area contributed by atoms with Crippen molar-refractivity contribution in [1.29, 1.82) is 0 Å². The monoisotopic (exact) mass is 309 g/mol. The number of aryl methyl sites for hydroxylation is 1. The maximum absolute atomic E-state index is 12.2. The third-order valence-corrected chi connectivity index (χ3v) is 4.63. The molecule has 0 bridgehead atoms. The minimum absolute atomic E-state index is 0.0599. The van der Waals surface area contributed by atoms with E-state index in [1.807, 2.05) is 49.5 Å². The molecule has 2 aromatic rings. The summed E-state index contributed by atoms with van der Waals surface area (Å²) in [5, 5.41) is 0. The molecule has 0 amide bonds. The van der Waals surface area contributed by atoms with Crippen LogP contribution in [0.2, 0.25) is 0 Å². The Morgan fingerprint density at radius 3 is 2.35 bits per heavy atom. The molecule has 0 radical (unpaired) electrons. The summed E-state index contributed by atoms with van der Waals surface area (Å²) in [6.07, 6.45) is 6.00. The Kier molecular flexibility index (Phi) is 4.75. The summed E-state index contributed by atoms with van der Waals surface area (Å²) in [6.45, 7) is 4.27. The van der Waals surface area contributed by atoms with Crippen molar-refractivity contribution in [3.8, 4) is 17.0 Å². The van der Waals surface area contributed by atoms with Crippen molar-refractivity contribution >= 4 is 5.97 Å². The largest absolute Gasteiger partial charge is 0.426 e. The van der Waals surface area contributed by atoms with Crippen LogP contribution in [0.1, 0.15) is 38.2 Å². The molecule has 1 fully saturated rings. The van der Waals surface area contributed by atoms with Gasteiger partial charge in [0.1, 0.15) is 5.75 Å². The first kappa shape index (κ1) is 15.7. The van der Waals surface area contributed by atoms with E-state index in [-0.39, 0.29) is 11.9 Å². The minimum atomic E-state index is -0.0851. The van der Waals surface area contributed by atoms with Gasteiger partial charge in [0.15, 0.2) is 0 Å². The molecule has 0 spiro atoms. The Morgan fingerprint density at radius 2 is 1.74 bits per heavy atom. The van der Waals surface area contributed by atoms with E-state index < -0.39 is 0 Å². The number of nitrogens with zero attached hydrogens (tertiary/aromatic N) is 1. The van der Waals surface area contributed by atoms with Gasteiger partial charge >= 0.3 is 5.97 Å². The SMILES string of the molecule is Cc1ccc(-c2ccc(OC(=O)C3CCC(C)CC3)cc2)nc1. The van der Waals surface area contributed by atoms with Crippen LogP contribution < -0.4 is 4.74 Å². The lowest BCUT2D eigenvalue weighted by Crippen LogP contribution is -2.24. The number of benzene rings is 1. The van der Waals surface area contributed by atoms with Crippen LogP contribution in [0.5, 0.6) is 5.75 Å². The van der Waals surface area contributed by atoms with Crippen LogP contribution in [0.25, 0.3) is 11.3 Å². The van der Waals surface area contributed by atoms with Crippen molar-refractivity contribution in [3.05, 3.63) is 48.2 Å². The van der Waals surface area contributed by atoms with Gasteiger partial charge in [0.05, 0.1) is 11.6 Å². The van der Waals surface area contributed by atoms with E-state index in [1.54, 1.807) is 0 Å². The van der Waals surface area contributed by atoms with Crippen LogP contribution >= 0.6 is 0 Å². The molecule has 0 saturated heterocycles. The number of esters is 1. The molecule has 1 aliphatic carbocycles.